The van der Waals surface area contributed by atoms with E-state index in [0.29, 0.717) is 22.3 Å². The molecule has 0 saturated carbocycles. The number of amides is 2. The quantitative estimate of drug-likeness (QED) is 0.675. The Morgan fingerprint density at radius 1 is 1.07 bits per heavy atom. The highest BCUT2D eigenvalue weighted by molar-refractivity contribution is 7.99. The van der Waals surface area contributed by atoms with E-state index >= 15 is 0 Å². The number of benzene rings is 1. The fourth-order valence-electron chi connectivity index (χ4n) is 3.34. The summed E-state index contributed by atoms with van der Waals surface area (Å²) in [6, 6.07) is 8.86. The number of likely N-dealkylation sites (N-methyl/N-ethyl adjacent to an activating group) is 1. The molecule has 1 aliphatic heterocycles. The average molecular weight is 431 g/mol. The van der Waals surface area contributed by atoms with Gasteiger partial charge in [0.2, 0.25) is 5.91 Å². The molecule has 1 aliphatic rings. The van der Waals surface area contributed by atoms with E-state index in [4.69, 9.17) is 0 Å². The van der Waals surface area contributed by atoms with Crippen LogP contribution in [0.4, 0.5) is 0 Å². The first-order chi connectivity index (χ1) is 14.4. The van der Waals surface area contributed by atoms with E-state index in [9.17, 15) is 9.59 Å². The number of nitrogens with zero attached hydrogens (tertiary/aromatic N) is 5. The summed E-state index contributed by atoms with van der Waals surface area (Å²) in [7, 11) is 3.95. The molecule has 9 heteroatoms. The van der Waals surface area contributed by atoms with Crippen LogP contribution in [-0.2, 0) is 11.8 Å². The first kappa shape index (κ1) is 22.3. The van der Waals surface area contributed by atoms with Gasteiger partial charge in [-0.2, -0.15) is 0 Å². The zero-order chi connectivity index (χ0) is 21.7. The van der Waals surface area contributed by atoms with Gasteiger partial charge in [0.25, 0.3) is 5.91 Å². The van der Waals surface area contributed by atoms with Gasteiger partial charge in [0.1, 0.15) is 0 Å². The average Bonchev–Trinajstić information content (AvgIpc) is 3.11. The third-order valence-electron chi connectivity index (χ3n) is 5.32. The van der Waals surface area contributed by atoms with Gasteiger partial charge in [-0.25, -0.2) is 0 Å². The number of rotatable bonds is 7. The van der Waals surface area contributed by atoms with E-state index in [1.807, 2.05) is 48.6 Å². The first-order valence-corrected chi connectivity index (χ1v) is 11.2. The van der Waals surface area contributed by atoms with E-state index in [0.717, 1.165) is 26.2 Å². The van der Waals surface area contributed by atoms with Crippen molar-refractivity contribution in [3.05, 3.63) is 41.7 Å². The SMILES string of the molecule is CC(C)[C@@H](NC(=O)c1ccccc1)c1nnc(SCC(=O)N2CCN(C)CC2)n1C. The van der Waals surface area contributed by atoms with Crippen molar-refractivity contribution in [2.75, 3.05) is 39.0 Å². The molecule has 1 N–H and O–H groups in total. The van der Waals surface area contributed by atoms with Gasteiger partial charge in [-0.05, 0) is 25.1 Å². The molecular weight excluding hydrogens is 400 g/mol. The van der Waals surface area contributed by atoms with Crippen LogP contribution in [0.15, 0.2) is 35.5 Å². The Kier molecular flexibility index (Phi) is 7.49. The largest absolute Gasteiger partial charge is 0.342 e. The van der Waals surface area contributed by atoms with Crippen LogP contribution >= 0.6 is 11.8 Å². The molecule has 2 heterocycles. The fraction of sp³-hybridized carbons (Fsp3) is 0.524. The Morgan fingerprint density at radius 3 is 2.37 bits per heavy atom. The summed E-state index contributed by atoms with van der Waals surface area (Å²) in [6.45, 7) is 7.41. The maximum atomic E-state index is 12.6. The van der Waals surface area contributed by atoms with Crippen LogP contribution in [0, 0.1) is 5.92 Å². The third kappa shape index (κ3) is 5.40. The van der Waals surface area contributed by atoms with Crippen molar-refractivity contribution in [3.63, 3.8) is 0 Å². The van der Waals surface area contributed by atoms with Crippen LogP contribution in [0.5, 0.6) is 0 Å². The maximum absolute atomic E-state index is 12.6. The molecule has 0 unspecified atom stereocenters. The molecule has 8 nitrogen and oxygen atoms in total. The summed E-state index contributed by atoms with van der Waals surface area (Å²) >= 11 is 1.39. The zero-order valence-electron chi connectivity index (χ0n) is 18.0. The topological polar surface area (TPSA) is 83.4 Å². The lowest BCUT2D eigenvalue weighted by Crippen LogP contribution is -2.47. The minimum absolute atomic E-state index is 0.121. The van der Waals surface area contributed by atoms with Gasteiger partial charge in [0.15, 0.2) is 11.0 Å². The number of thioether (sulfide) groups is 1. The molecule has 0 aliphatic carbocycles. The Labute approximate surface area is 182 Å². The van der Waals surface area contributed by atoms with Crippen molar-refractivity contribution < 1.29 is 9.59 Å². The summed E-state index contributed by atoms with van der Waals surface area (Å²) in [5, 5.41) is 12.3. The Balaban J connectivity index is 1.64. The maximum Gasteiger partial charge on any atom is 0.251 e. The van der Waals surface area contributed by atoms with Crippen LogP contribution < -0.4 is 5.32 Å². The van der Waals surface area contributed by atoms with Crippen molar-refractivity contribution >= 4 is 23.6 Å². The van der Waals surface area contributed by atoms with Gasteiger partial charge in [-0.3, -0.25) is 9.59 Å². The van der Waals surface area contributed by atoms with Crippen molar-refractivity contribution in [2.24, 2.45) is 13.0 Å². The van der Waals surface area contributed by atoms with E-state index in [2.05, 4.69) is 27.5 Å². The molecule has 1 aromatic carbocycles. The van der Waals surface area contributed by atoms with Crippen LogP contribution in [-0.4, -0.2) is 75.4 Å². The van der Waals surface area contributed by atoms with Gasteiger partial charge in [0, 0.05) is 38.8 Å². The lowest BCUT2D eigenvalue weighted by Gasteiger charge is -2.32. The van der Waals surface area contributed by atoms with Crippen molar-refractivity contribution in [3.8, 4) is 0 Å². The highest BCUT2D eigenvalue weighted by Gasteiger charge is 2.26. The summed E-state index contributed by atoms with van der Waals surface area (Å²) in [5.74, 6) is 1.12. The van der Waals surface area contributed by atoms with E-state index < -0.39 is 0 Å². The van der Waals surface area contributed by atoms with E-state index in [1.165, 1.54) is 11.8 Å². The molecule has 1 atom stereocenters. The monoisotopic (exact) mass is 430 g/mol. The second kappa shape index (κ2) is 10.1. The third-order valence-corrected chi connectivity index (χ3v) is 6.32. The number of hydrogen-bond acceptors (Lipinski definition) is 6. The predicted octanol–water partition coefficient (Wildman–Crippen LogP) is 1.81. The molecular formula is C21H30N6O2S. The van der Waals surface area contributed by atoms with E-state index in [-0.39, 0.29) is 23.8 Å². The van der Waals surface area contributed by atoms with Gasteiger partial charge >= 0.3 is 0 Å². The summed E-state index contributed by atoms with van der Waals surface area (Å²) < 4.78 is 1.87. The molecule has 162 valence electrons. The van der Waals surface area contributed by atoms with Gasteiger partial charge in [-0.15, -0.1) is 10.2 Å². The molecule has 2 amide bonds. The molecule has 1 fully saturated rings. The molecule has 0 spiro atoms. The Morgan fingerprint density at radius 2 is 1.73 bits per heavy atom. The fourth-order valence-corrected chi connectivity index (χ4v) is 4.16. The summed E-state index contributed by atoms with van der Waals surface area (Å²) in [6.07, 6.45) is 0. The number of nitrogens with one attached hydrogen (secondary N) is 1. The number of aromatic nitrogens is 3. The minimum atomic E-state index is -0.280. The second-order valence-electron chi connectivity index (χ2n) is 7.93. The molecule has 0 bridgehead atoms. The van der Waals surface area contributed by atoms with Gasteiger partial charge in [0.05, 0.1) is 11.8 Å². The second-order valence-corrected chi connectivity index (χ2v) is 8.88. The number of hydrogen-bond donors (Lipinski definition) is 1. The molecule has 1 saturated heterocycles. The number of carbonyl (C=O) groups excluding carboxylic acids is 2. The van der Waals surface area contributed by atoms with Crippen LogP contribution in [0.1, 0.15) is 36.1 Å². The van der Waals surface area contributed by atoms with Crippen molar-refractivity contribution in [1.82, 2.24) is 29.9 Å². The molecule has 0 radical (unpaired) electrons. The summed E-state index contributed by atoms with van der Waals surface area (Å²) in [4.78, 5) is 29.3. The normalized spacial score (nSPS) is 16.0. The Bertz CT molecular complexity index is 862. The molecule has 3 rings (SSSR count). The summed E-state index contributed by atoms with van der Waals surface area (Å²) in [5.41, 5.74) is 0.609. The Hall–Kier alpha value is -2.39. The van der Waals surface area contributed by atoms with Crippen LogP contribution in [0.2, 0.25) is 0 Å². The van der Waals surface area contributed by atoms with Crippen molar-refractivity contribution in [2.45, 2.75) is 25.0 Å². The first-order valence-electron chi connectivity index (χ1n) is 10.2. The van der Waals surface area contributed by atoms with E-state index in [1.54, 1.807) is 12.1 Å². The molecule has 30 heavy (non-hydrogen) atoms. The van der Waals surface area contributed by atoms with Crippen molar-refractivity contribution in [1.29, 1.82) is 0 Å². The minimum Gasteiger partial charge on any atom is -0.342 e. The molecule has 1 aromatic heterocycles. The molecule has 2 aromatic rings. The van der Waals surface area contributed by atoms with Gasteiger partial charge in [-0.1, -0.05) is 43.8 Å². The predicted molar refractivity (Wildman–Crippen MR) is 117 cm³/mol. The highest BCUT2D eigenvalue weighted by atomic mass is 32.2. The van der Waals surface area contributed by atoms with Gasteiger partial charge < -0.3 is 19.7 Å². The highest BCUT2D eigenvalue weighted by Crippen LogP contribution is 2.24. The number of piperazine rings is 1. The number of carbonyl (C=O) groups is 2. The smallest absolute Gasteiger partial charge is 0.251 e. The lowest BCUT2D eigenvalue weighted by molar-refractivity contribution is -0.129. The van der Waals surface area contributed by atoms with Crippen LogP contribution in [0.3, 0.4) is 0 Å². The standard InChI is InChI=1S/C21H30N6O2S/c1-15(2)18(22-20(29)16-8-6-5-7-9-16)19-23-24-21(26(19)4)30-14-17(28)27-12-10-25(3)11-13-27/h5-9,15,18H,10-14H2,1-4H3,(H,22,29)/t18-/m1/s1. The van der Waals surface area contributed by atoms with Crippen LogP contribution in [0.25, 0.3) is 0 Å². The lowest BCUT2D eigenvalue weighted by atomic mass is 10.0. The zero-order valence-corrected chi connectivity index (χ0v) is 18.9.